The average Bonchev–Trinajstić information content (AvgIpc) is 2.57. The van der Waals surface area contributed by atoms with Crippen LogP contribution in [0.3, 0.4) is 0 Å². The molecule has 1 aromatic carbocycles. The summed E-state index contributed by atoms with van der Waals surface area (Å²) >= 11 is 0. The molecule has 0 saturated carbocycles. The summed E-state index contributed by atoms with van der Waals surface area (Å²) in [6.07, 6.45) is -5.42. The lowest BCUT2D eigenvalue weighted by atomic mass is 9.96. The molecule has 0 aliphatic carbocycles. The largest absolute Gasteiger partial charge is 0.438 e. The summed E-state index contributed by atoms with van der Waals surface area (Å²) in [5, 5.41) is 12.6. The van der Waals surface area contributed by atoms with Crippen molar-refractivity contribution >= 4 is 17.7 Å². The zero-order valence-electron chi connectivity index (χ0n) is 13.3. The maximum absolute atomic E-state index is 12.7. The van der Waals surface area contributed by atoms with Gasteiger partial charge in [0, 0.05) is 5.69 Å². The molecule has 1 saturated heterocycles. The van der Waals surface area contributed by atoms with Gasteiger partial charge in [0.15, 0.2) is 11.3 Å². The minimum atomic E-state index is -4.53. The molecule has 2 rings (SSSR count). The number of cyclic esters (lactones) is 1. The maximum atomic E-state index is 12.7. The molecular formula is C15H17F3N2O4. The van der Waals surface area contributed by atoms with E-state index >= 15 is 0 Å². The van der Waals surface area contributed by atoms with Gasteiger partial charge in [0.25, 0.3) is 0 Å². The number of hydrogen-bond acceptors (Lipinski definition) is 4. The van der Waals surface area contributed by atoms with Crippen molar-refractivity contribution in [2.24, 2.45) is 0 Å². The number of alkyl halides is 3. The van der Waals surface area contributed by atoms with E-state index in [9.17, 15) is 27.9 Å². The molecular weight excluding hydrogens is 329 g/mol. The second-order valence-corrected chi connectivity index (χ2v) is 6.11. The van der Waals surface area contributed by atoms with E-state index in [0.717, 1.165) is 23.1 Å². The minimum absolute atomic E-state index is 0.0682. The molecule has 132 valence electrons. The number of hydrogen-bond donors (Lipinski definition) is 2. The lowest BCUT2D eigenvalue weighted by Crippen LogP contribution is -2.55. The molecule has 1 aromatic rings. The number of carbonyl (C=O) groups is 2. The number of rotatable bonds is 3. The van der Waals surface area contributed by atoms with Gasteiger partial charge in [0.2, 0.25) is 5.91 Å². The molecule has 1 aliphatic rings. The summed E-state index contributed by atoms with van der Waals surface area (Å²) < 4.78 is 43.0. The van der Waals surface area contributed by atoms with Crippen LogP contribution in [-0.4, -0.2) is 39.9 Å². The van der Waals surface area contributed by atoms with Crippen LogP contribution in [0.2, 0.25) is 0 Å². The van der Waals surface area contributed by atoms with Crippen LogP contribution in [-0.2, 0) is 15.7 Å². The Kier molecular flexibility index (Phi) is 4.26. The highest BCUT2D eigenvalue weighted by Crippen LogP contribution is 2.36. The van der Waals surface area contributed by atoms with Gasteiger partial charge in [0.05, 0.1) is 5.56 Å². The molecule has 9 heteroatoms. The number of halogens is 3. The molecule has 0 aromatic heterocycles. The van der Waals surface area contributed by atoms with E-state index in [0.29, 0.717) is 0 Å². The van der Waals surface area contributed by atoms with E-state index < -0.39 is 41.6 Å². The van der Waals surface area contributed by atoms with Crippen LogP contribution in [0.4, 0.5) is 23.7 Å². The van der Waals surface area contributed by atoms with E-state index in [4.69, 9.17) is 4.74 Å². The van der Waals surface area contributed by atoms with E-state index in [1.807, 2.05) is 0 Å². The summed E-state index contributed by atoms with van der Waals surface area (Å²) in [6.45, 7) is 3.71. The molecule has 2 amide bonds. The Morgan fingerprint density at radius 3 is 2.46 bits per heavy atom. The number of aliphatic hydroxyl groups is 1. The fourth-order valence-electron chi connectivity index (χ4n) is 2.21. The average molecular weight is 346 g/mol. The molecule has 1 fully saturated rings. The number of nitrogens with one attached hydrogen (secondary N) is 1. The second-order valence-electron chi connectivity index (χ2n) is 6.11. The first-order chi connectivity index (χ1) is 10.8. The lowest BCUT2D eigenvalue weighted by molar-refractivity contribution is -0.138. The quantitative estimate of drug-likeness (QED) is 0.882. The number of carbonyl (C=O) groups excluding carboxylic acids is 2. The van der Waals surface area contributed by atoms with Crippen molar-refractivity contribution in [1.82, 2.24) is 4.90 Å². The molecule has 0 radical (unpaired) electrons. The van der Waals surface area contributed by atoms with E-state index in [1.54, 1.807) is 0 Å². The van der Waals surface area contributed by atoms with Crippen molar-refractivity contribution in [1.29, 1.82) is 0 Å². The van der Waals surface area contributed by atoms with Gasteiger partial charge in [0.1, 0.15) is 6.54 Å². The minimum Gasteiger partial charge on any atom is -0.438 e. The molecule has 2 N–H and O–H groups in total. The molecule has 1 aliphatic heterocycles. The van der Waals surface area contributed by atoms with Gasteiger partial charge < -0.3 is 15.2 Å². The summed E-state index contributed by atoms with van der Waals surface area (Å²) in [4.78, 5) is 24.6. The fraction of sp³-hybridized carbons (Fsp3) is 0.467. The Morgan fingerprint density at radius 1 is 1.33 bits per heavy atom. The maximum Gasteiger partial charge on any atom is 0.416 e. The molecule has 24 heavy (non-hydrogen) atoms. The van der Waals surface area contributed by atoms with Crippen molar-refractivity contribution in [2.45, 2.75) is 38.3 Å². The van der Waals surface area contributed by atoms with Gasteiger partial charge >= 0.3 is 12.3 Å². The topological polar surface area (TPSA) is 78.9 Å². The number of anilines is 1. The summed E-state index contributed by atoms with van der Waals surface area (Å²) in [6, 6.07) is 4.10. The highest BCUT2D eigenvalue weighted by atomic mass is 19.4. The van der Waals surface area contributed by atoms with Crippen molar-refractivity contribution in [3.05, 3.63) is 29.8 Å². The highest BCUT2D eigenvalue weighted by Gasteiger charge is 2.56. The smallest absolute Gasteiger partial charge is 0.416 e. The third-order valence-corrected chi connectivity index (χ3v) is 4.00. The van der Waals surface area contributed by atoms with Crippen molar-refractivity contribution in [3.63, 3.8) is 0 Å². The van der Waals surface area contributed by atoms with Crippen LogP contribution >= 0.6 is 0 Å². The fourth-order valence-corrected chi connectivity index (χ4v) is 2.21. The Bertz CT molecular complexity index is 671. The number of nitrogens with zero attached hydrogens (tertiary/aromatic N) is 1. The standard InChI is InChI=1S/C15H17F3N2O4/c1-13(2)14(3,23)20(12(22)24-13)8-11(21)19-10-6-4-5-9(7-10)15(16,17)18/h4-7,23H,8H2,1-3H3,(H,19,21)/t14-/m1/s1. The first-order valence-electron chi connectivity index (χ1n) is 7.05. The zero-order chi connectivity index (χ0) is 18.3. The lowest BCUT2D eigenvalue weighted by Gasteiger charge is -2.34. The SMILES string of the molecule is CC1(C)OC(=O)N(CC(=O)Nc2cccc(C(F)(F)F)c2)[C@]1(C)O. The highest BCUT2D eigenvalue weighted by molar-refractivity contribution is 5.94. The first kappa shape index (κ1) is 18.1. The zero-order valence-corrected chi connectivity index (χ0v) is 13.3. The Labute approximate surface area is 136 Å². The number of ether oxygens (including phenoxy) is 1. The molecule has 1 atom stereocenters. The van der Waals surface area contributed by atoms with Gasteiger partial charge in [-0.15, -0.1) is 0 Å². The van der Waals surface area contributed by atoms with Crippen molar-refractivity contribution in [2.75, 3.05) is 11.9 Å². The number of amides is 2. The van der Waals surface area contributed by atoms with Crippen LogP contribution in [0.5, 0.6) is 0 Å². The predicted octanol–water partition coefficient (Wildman–Crippen LogP) is 2.58. The molecule has 0 spiro atoms. The molecule has 0 unspecified atom stereocenters. The van der Waals surface area contributed by atoms with Crippen LogP contribution in [0.1, 0.15) is 26.3 Å². The van der Waals surface area contributed by atoms with Crippen LogP contribution in [0.15, 0.2) is 24.3 Å². The second kappa shape index (κ2) is 5.66. The third kappa shape index (κ3) is 3.30. The monoisotopic (exact) mass is 346 g/mol. The molecule has 1 heterocycles. The number of benzene rings is 1. The summed E-state index contributed by atoms with van der Waals surface area (Å²) in [5.41, 5.74) is -3.95. The van der Waals surface area contributed by atoms with Gasteiger partial charge in [-0.25, -0.2) is 4.79 Å². The summed E-state index contributed by atoms with van der Waals surface area (Å²) in [7, 11) is 0. The molecule has 0 bridgehead atoms. The van der Waals surface area contributed by atoms with Gasteiger partial charge in [-0.2, -0.15) is 13.2 Å². The van der Waals surface area contributed by atoms with Crippen molar-refractivity contribution < 1.29 is 32.6 Å². The third-order valence-electron chi connectivity index (χ3n) is 4.00. The Balaban J connectivity index is 2.11. The Hall–Kier alpha value is -2.29. The Morgan fingerprint density at radius 2 is 1.96 bits per heavy atom. The van der Waals surface area contributed by atoms with Gasteiger partial charge in [-0.05, 0) is 39.0 Å². The van der Waals surface area contributed by atoms with Crippen molar-refractivity contribution in [3.8, 4) is 0 Å². The van der Waals surface area contributed by atoms with Gasteiger partial charge in [-0.3, -0.25) is 9.69 Å². The normalized spacial score (nSPS) is 23.1. The van der Waals surface area contributed by atoms with Crippen LogP contribution < -0.4 is 5.32 Å². The van der Waals surface area contributed by atoms with Crippen LogP contribution in [0.25, 0.3) is 0 Å². The summed E-state index contributed by atoms with van der Waals surface area (Å²) in [5.74, 6) is -0.760. The molecule has 6 nitrogen and oxygen atoms in total. The van der Waals surface area contributed by atoms with E-state index in [-0.39, 0.29) is 5.69 Å². The van der Waals surface area contributed by atoms with E-state index in [1.165, 1.54) is 26.8 Å². The first-order valence-corrected chi connectivity index (χ1v) is 7.05. The van der Waals surface area contributed by atoms with Crippen LogP contribution in [0, 0.1) is 0 Å². The van der Waals surface area contributed by atoms with E-state index in [2.05, 4.69) is 5.32 Å². The van der Waals surface area contributed by atoms with Gasteiger partial charge in [-0.1, -0.05) is 6.07 Å². The predicted molar refractivity (Wildman–Crippen MR) is 78.0 cm³/mol.